The summed E-state index contributed by atoms with van der Waals surface area (Å²) in [6, 6.07) is 4.09. The van der Waals surface area contributed by atoms with E-state index in [9.17, 15) is 5.11 Å². The van der Waals surface area contributed by atoms with Gasteiger partial charge in [-0.1, -0.05) is 26.5 Å². The first kappa shape index (κ1) is 11.1. The smallest absolute Gasteiger partial charge is 0.0889 e. The van der Waals surface area contributed by atoms with E-state index in [4.69, 9.17) is 0 Å². The molecule has 2 heterocycles. The third-order valence-corrected chi connectivity index (χ3v) is 2.99. The number of nitrogens with zero attached hydrogens (tertiary/aromatic N) is 2. The highest BCUT2D eigenvalue weighted by molar-refractivity contribution is 5.59. The third kappa shape index (κ3) is 2.09. The van der Waals surface area contributed by atoms with Crippen molar-refractivity contribution in [3.8, 4) is 0 Å². The first-order valence-electron chi connectivity index (χ1n) is 5.66. The lowest BCUT2D eigenvalue weighted by Crippen LogP contribution is -2.49. The predicted octanol–water partition coefficient (Wildman–Crippen LogP) is 1.85. The first-order valence-corrected chi connectivity index (χ1v) is 5.66. The molecule has 2 rings (SSSR count). The highest BCUT2D eigenvalue weighted by atomic mass is 16.3. The Morgan fingerprint density at radius 1 is 1.50 bits per heavy atom. The van der Waals surface area contributed by atoms with Crippen LogP contribution in [0.2, 0.25) is 0 Å². The number of hydrogen-bond acceptors (Lipinski definition) is 3. The molecule has 0 atom stereocenters. The summed E-state index contributed by atoms with van der Waals surface area (Å²) in [5.41, 5.74) is 3.04. The van der Waals surface area contributed by atoms with Crippen molar-refractivity contribution in [2.75, 3.05) is 13.1 Å². The number of aliphatic hydroxyl groups is 1. The van der Waals surface area contributed by atoms with Gasteiger partial charge in [0.1, 0.15) is 0 Å². The number of β-amino-alcohol motifs (C(OH)–C–C–N with tert-alkyl or cyclic N) is 1. The fourth-order valence-electron chi connectivity index (χ4n) is 1.76. The van der Waals surface area contributed by atoms with Crippen molar-refractivity contribution in [1.29, 1.82) is 0 Å². The van der Waals surface area contributed by atoms with Crippen molar-refractivity contribution in [3.63, 3.8) is 0 Å². The SMILES string of the molecule is C=C(c1ccc(C(C)C)cn1)N1CC(O)C1. The summed E-state index contributed by atoms with van der Waals surface area (Å²) in [6.45, 7) is 9.65. The molecule has 0 amide bonds. The van der Waals surface area contributed by atoms with Gasteiger partial charge in [0.2, 0.25) is 0 Å². The fourth-order valence-corrected chi connectivity index (χ4v) is 1.76. The molecule has 1 aliphatic rings. The zero-order valence-electron chi connectivity index (χ0n) is 9.85. The van der Waals surface area contributed by atoms with Crippen LogP contribution in [-0.2, 0) is 0 Å². The van der Waals surface area contributed by atoms with Crippen LogP contribution in [-0.4, -0.2) is 34.2 Å². The number of aromatic nitrogens is 1. The maximum absolute atomic E-state index is 9.23. The summed E-state index contributed by atoms with van der Waals surface area (Å²) in [5, 5.41) is 9.23. The van der Waals surface area contributed by atoms with Gasteiger partial charge in [-0.3, -0.25) is 4.98 Å². The highest BCUT2D eigenvalue weighted by Gasteiger charge is 2.26. The molecule has 0 radical (unpaired) electrons. The number of rotatable bonds is 3. The van der Waals surface area contributed by atoms with Crippen LogP contribution in [0, 0.1) is 0 Å². The van der Waals surface area contributed by atoms with Gasteiger partial charge in [0.25, 0.3) is 0 Å². The summed E-state index contributed by atoms with van der Waals surface area (Å²) in [5.74, 6) is 0.501. The van der Waals surface area contributed by atoms with Gasteiger partial charge in [0, 0.05) is 19.3 Å². The minimum absolute atomic E-state index is 0.202. The average Bonchev–Trinajstić information content (AvgIpc) is 2.24. The molecule has 1 aliphatic heterocycles. The van der Waals surface area contributed by atoms with Crippen LogP contribution >= 0.6 is 0 Å². The van der Waals surface area contributed by atoms with Crippen LogP contribution in [0.15, 0.2) is 24.9 Å². The Hall–Kier alpha value is -1.35. The van der Waals surface area contributed by atoms with E-state index in [1.165, 1.54) is 5.56 Å². The molecule has 1 fully saturated rings. The van der Waals surface area contributed by atoms with E-state index in [2.05, 4.69) is 31.5 Å². The quantitative estimate of drug-likeness (QED) is 0.841. The minimum Gasteiger partial charge on any atom is -0.389 e. The topological polar surface area (TPSA) is 36.4 Å². The Bertz CT molecular complexity index is 377. The minimum atomic E-state index is -0.202. The number of likely N-dealkylation sites (tertiary alicyclic amines) is 1. The van der Waals surface area contributed by atoms with Gasteiger partial charge >= 0.3 is 0 Å². The van der Waals surface area contributed by atoms with Crippen LogP contribution in [0.5, 0.6) is 0 Å². The van der Waals surface area contributed by atoms with Gasteiger partial charge < -0.3 is 10.0 Å². The largest absolute Gasteiger partial charge is 0.389 e. The van der Waals surface area contributed by atoms with Crippen molar-refractivity contribution >= 4 is 5.70 Å². The number of aliphatic hydroxyl groups excluding tert-OH is 1. The molecule has 3 nitrogen and oxygen atoms in total. The zero-order chi connectivity index (χ0) is 11.7. The van der Waals surface area contributed by atoms with E-state index in [1.54, 1.807) is 0 Å². The van der Waals surface area contributed by atoms with Crippen molar-refractivity contribution in [3.05, 3.63) is 36.2 Å². The van der Waals surface area contributed by atoms with Crippen LogP contribution < -0.4 is 0 Å². The lowest BCUT2D eigenvalue weighted by atomic mass is 10.0. The van der Waals surface area contributed by atoms with Crippen LogP contribution in [0.4, 0.5) is 0 Å². The van der Waals surface area contributed by atoms with Gasteiger partial charge in [-0.2, -0.15) is 0 Å². The monoisotopic (exact) mass is 218 g/mol. The molecule has 3 heteroatoms. The van der Waals surface area contributed by atoms with Gasteiger partial charge in [-0.15, -0.1) is 0 Å². The zero-order valence-corrected chi connectivity index (χ0v) is 9.85. The summed E-state index contributed by atoms with van der Waals surface area (Å²) >= 11 is 0. The van der Waals surface area contributed by atoms with E-state index >= 15 is 0 Å². The molecule has 0 aliphatic carbocycles. The Morgan fingerprint density at radius 2 is 2.19 bits per heavy atom. The Kier molecular flexibility index (Phi) is 2.97. The Morgan fingerprint density at radius 3 is 2.62 bits per heavy atom. The van der Waals surface area contributed by atoms with Gasteiger partial charge in [0.05, 0.1) is 17.5 Å². The predicted molar refractivity (Wildman–Crippen MR) is 64.9 cm³/mol. The molecule has 16 heavy (non-hydrogen) atoms. The van der Waals surface area contributed by atoms with E-state index in [0.717, 1.165) is 11.4 Å². The standard InChI is InChI=1S/C13H18N2O/c1-9(2)11-4-5-13(14-6-11)10(3)15-7-12(16)8-15/h4-6,9,12,16H,3,7-8H2,1-2H3. The van der Waals surface area contributed by atoms with E-state index in [1.807, 2.05) is 17.2 Å². The second kappa shape index (κ2) is 4.26. The molecule has 1 saturated heterocycles. The Labute approximate surface area is 96.4 Å². The normalized spacial score (nSPS) is 16.4. The maximum Gasteiger partial charge on any atom is 0.0889 e. The lowest BCUT2D eigenvalue weighted by Gasteiger charge is -2.38. The summed E-state index contributed by atoms with van der Waals surface area (Å²) in [4.78, 5) is 6.45. The van der Waals surface area contributed by atoms with Crippen molar-refractivity contribution in [2.45, 2.75) is 25.9 Å². The molecule has 0 spiro atoms. The molecule has 1 aromatic rings. The second-order valence-electron chi connectivity index (χ2n) is 4.64. The number of pyridine rings is 1. The van der Waals surface area contributed by atoms with Gasteiger partial charge in [-0.25, -0.2) is 0 Å². The van der Waals surface area contributed by atoms with Crippen molar-refractivity contribution in [1.82, 2.24) is 9.88 Å². The molecular formula is C13H18N2O. The van der Waals surface area contributed by atoms with Crippen molar-refractivity contribution < 1.29 is 5.11 Å². The average molecular weight is 218 g/mol. The third-order valence-electron chi connectivity index (χ3n) is 2.99. The lowest BCUT2D eigenvalue weighted by molar-refractivity contribution is 0.0402. The summed E-state index contributed by atoms with van der Waals surface area (Å²) in [6.07, 6.45) is 1.70. The molecule has 0 aromatic carbocycles. The fraction of sp³-hybridized carbons (Fsp3) is 0.462. The van der Waals surface area contributed by atoms with Crippen LogP contribution in [0.1, 0.15) is 31.0 Å². The summed E-state index contributed by atoms with van der Waals surface area (Å²) in [7, 11) is 0. The molecule has 0 unspecified atom stereocenters. The highest BCUT2D eigenvalue weighted by Crippen LogP contribution is 2.22. The van der Waals surface area contributed by atoms with Gasteiger partial charge in [0.15, 0.2) is 0 Å². The van der Waals surface area contributed by atoms with Crippen molar-refractivity contribution in [2.24, 2.45) is 0 Å². The molecule has 1 N–H and O–H groups in total. The van der Waals surface area contributed by atoms with E-state index in [-0.39, 0.29) is 6.10 Å². The van der Waals surface area contributed by atoms with Crippen LogP contribution in [0.3, 0.4) is 0 Å². The Balaban J connectivity index is 2.07. The first-order chi connectivity index (χ1) is 7.58. The maximum atomic E-state index is 9.23. The number of hydrogen-bond donors (Lipinski definition) is 1. The molecule has 0 saturated carbocycles. The van der Waals surface area contributed by atoms with Crippen LogP contribution in [0.25, 0.3) is 5.70 Å². The van der Waals surface area contributed by atoms with Gasteiger partial charge in [-0.05, 0) is 17.5 Å². The molecular weight excluding hydrogens is 200 g/mol. The van der Waals surface area contributed by atoms with E-state index < -0.39 is 0 Å². The summed E-state index contributed by atoms with van der Waals surface area (Å²) < 4.78 is 0. The second-order valence-corrected chi connectivity index (χ2v) is 4.64. The molecule has 1 aromatic heterocycles. The van der Waals surface area contributed by atoms with E-state index in [0.29, 0.717) is 19.0 Å². The molecule has 86 valence electrons. The molecule has 0 bridgehead atoms.